The molecule has 2 heteroatoms. The molecule has 2 rings (SSSR count). The Morgan fingerprint density at radius 1 is 1.06 bits per heavy atom. The van der Waals surface area contributed by atoms with Crippen LogP contribution in [-0.4, -0.2) is 0 Å². The maximum absolute atomic E-state index is 9.23. The van der Waals surface area contributed by atoms with Crippen molar-refractivity contribution in [2.75, 3.05) is 0 Å². The van der Waals surface area contributed by atoms with Gasteiger partial charge < -0.3 is 0 Å². The van der Waals surface area contributed by atoms with Crippen LogP contribution in [0.2, 0.25) is 0 Å². The summed E-state index contributed by atoms with van der Waals surface area (Å²) >= 11 is 3.45. The molecule has 0 unspecified atom stereocenters. The van der Waals surface area contributed by atoms with E-state index in [0.29, 0.717) is 0 Å². The Kier molecular flexibility index (Phi) is 4.39. The van der Waals surface area contributed by atoms with Crippen LogP contribution in [0.4, 0.5) is 0 Å². The van der Waals surface area contributed by atoms with Gasteiger partial charge in [0.15, 0.2) is 0 Å². The predicted molar refractivity (Wildman–Crippen MR) is 74.7 cm³/mol. The third kappa shape index (κ3) is 2.98. The molecule has 1 nitrogen and oxygen atoms in total. The minimum absolute atomic E-state index is 0.886. The minimum Gasteiger partial charge on any atom is -0.193 e. The zero-order valence-corrected chi connectivity index (χ0v) is 11.5. The molecule has 0 aromatic heterocycles. The Bertz CT molecular complexity index is 451. The van der Waals surface area contributed by atoms with Gasteiger partial charge in [-0.05, 0) is 42.4 Å². The Morgan fingerprint density at radius 2 is 1.76 bits per heavy atom. The SMILES string of the molecule is N#CC1=C(c2ccc(CBr)cc2)CCCCC1. The molecule has 0 heterocycles. The fourth-order valence-corrected chi connectivity index (χ4v) is 2.69. The van der Waals surface area contributed by atoms with Crippen molar-refractivity contribution >= 4 is 21.5 Å². The molecule has 0 aliphatic heterocycles. The van der Waals surface area contributed by atoms with Crippen molar-refractivity contribution in [3.8, 4) is 6.07 Å². The third-order valence-corrected chi connectivity index (χ3v) is 3.96. The van der Waals surface area contributed by atoms with Gasteiger partial charge in [0.25, 0.3) is 0 Å². The molecule has 0 bridgehead atoms. The number of alkyl halides is 1. The average Bonchev–Trinajstić information content (AvgIpc) is 2.64. The second kappa shape index (κ2) is 6.02. The van der Waals surface area contributed by atoms with Gasteiger partial charge in [0.1, 0.15) is 0 Å². The number of hydrogen-bond acceptors (Lipinski definition) is 1. The monoisotopic (exact) mass is 289 g/mol. The first kappa shape index (κ1) is 12.4. The maximum atomic E-state index is 9.23. The van der Waals surface area contributed by atoms with E-state index >= 15 is 0 Å². The topological polar surface area (TPSA) is 23.8 Å². The lowest BCUT2D eigenvalue weighted by atomic mass is 9.96. The third-order valence-electron chi connectivity index (χ3n) is 3.31. The Labute approximate surface area is 111 Å². The van der Waals surface area contributed by atoms with Gasteiger partial charge in [-0.15, -0.1) is 0 Å². The molecular formula is C15H16BrN. The van der Waals surface area contributed by atoms with Crippen LogP contribution >= 0.6 is 15.9 Å². The zero-order chi connectivity index (χ0) is 12.1. The van der Waals surface area contributed by atoms with Gasteiger partial charge in [-0.1, -0.05) is 46.6 Å². The molecule has 0 saturated carbocycles. The molecule has 0 amide bonds. The molecule has 0 radical (unpaired) electrons. The van der Waals surface area contributed by atoms with Crippen molar-refractivity contribution in [1.82, 2.24) is 0 Å². The lowest BCUT2D eigenvalue weighted by Crippen LogP contribution is -1.90. The van der Waals surface area contributed by atoms with Crippen LogP contribution in [0.5, 0.6) is 0 Å². The molecule has 1 aromatic rings. The number of halogens is 1. The van der Waals surface area contributed by atoms with E-state index in [9.17, 15) is 5.26 Å². The molecule has 17 heavy (non-hydrogen) atoms. The van der Waals surface area contributed by atoms with Crippen LogP contribution < -0.4 is 0 Å². The zero-order valence-electron chi connectivity index (χ0n) is 9.88. The summed E-state index contributed by atoms with van der Waals surface area (Å²) in [6.07, 6.45) is 5.61. The summed E-state index contributed by atoms with van der Waals surface area (Å²) in [5.41, 5.74) is 4.77. The Hall–Kier alpha value is -1.07. The van der Waals surface area contributed by atoms with Gasteiger partial charge in [0.05, 0.1) is 6.07 Å². The van der Waals surface area contributed by atoms with Crippen LogP contribution in [0.15, 0.2) is 29.8 Å². The number of allylic oxidation sites excluding steroid dienone is 2. The van der Waals surface area contributed by atoms with Crippen LogP contribution in [-0.2, 0) is 5.33 Å². The summed E-state index contributed by atoms with van der Waals surface area (Å²) < 4.78 is 0. The number of rotatable bonds is 2. The van der Waals surface area contributed by atoms with Gasteiger partial charge in [-0.3, -0.25) is 0 Å². The summed E-state index contributed by atoms with van der Waals surface area (Å²) in [7, 11) is 0. The first-order chi connectivity index (χ1) is 8.35. The van der Waals surface area contributed by atoms with E-state index in [-0.39, 0.29) is 0 Å². The van der Waals surface area contributed by atoms with Crippen LogP contribution in [0.1, 0.15) is 43.2 Å². The highest BCUT2D eigenvalue weighted by atomic mass is 79.9. The van der Waals surface area contributed by atoms with Gasteiger partial charge >= 0.3 is 0 Å². The highest BCUT2D eigenvalue weighted by Crippen LogP contribution is 2.31. The summed E-state index contributed by atoms with van der Waals surface area (Å²) in [6.45, 7) is 0. The highest BCUT2D eigenvalue weighted by molar-refractivity contribution is 9.08. The summed E-state index contributed by atoms with van der Waals surface area (Å²) in [5, 5.41) is 10.1. The smallest absolute Gasteiger partial charge is 0.0950 e. The van der Waals surface area contributed by atoms with Crippen molar-refractivity contribution in [1.29, 1.82) is 5.26 Å². The molecule has 1 aromatic carbocycles. The lowest BCUT2D eigenvalue weighted by molar-refractivity contribution is 0.716. The minimum atomic E-state index is 0.886. The van der Waals surface area contributed by atoms with Crippen molar-refractivity contribution in [3.05, 3.63) is 41.0 Å². The molecule has 0 N–H and O–H groups in total. The molecule has 0 fully saturated rings. The van der Waals surface area contributed by atoms with Crippen molar-refractivity contribution in [2.24, 2.45) is 0 Å². The first-order valence-electron chi connectivity index (χ1n) is 6.12. The normalized spacial score (nSPS) is 16.5. The van der Waals surface area contributed by atoms with E-state index in [2.05, 4.69) is 46.3 Å². The predicted octanol–water partition coefficient (Wildman–Crippen LogP) is 4.82. The first-order valence-corrected chi connectivity index (χ1v) is 7.24. The van der Waals surface area contributed by atoms with E-state index in [1.807, 2.05) is 0 Å². The Balaban J connectivity index is 2.35. The van der Waals surface area contributed by atoms with Crippen LogP contribution in [0.25, 0.3) is 5.57 Å². The van der Waals surface area contributed by atoms with Gasteiger partial charge in [-0.2, -0.15) is 5.26 Å². The molecule has 0 saturated heterocycles. The number of benzene rings is 1. The Morgan fingerprint density at radius 3 is 2.41 bits per heavy atom. The second-order valence-electron chi connectivity index (χ2n) is 4.46. The van der Waals surface area contributed by atoms with E-state index in [1.165, 1.54) is 29.5 Å². The summed E-state index contributed by atoms with van der Waals surface area (Å²) in [4.78, 5) is 0. The largest absolute Gasteiger partial charge is 0.193 e. The summed E-state index contributed by atoms with van der Waals surface area (Å²) in [5.74, 6) is 0. The molecule has 0 spiro atoms. The average molecular weight is 290 g/mol. The van der Waals surface area contributed by atoms with Crippen LogP contribution in [0, 0.1) is 11.3 Å². The standard InChI is InChI=1S/C15H16BrN/c16-10-12-6-8-13(9-7-12)15-5-3-1-2-4-14(15)11-17/h6-9H,1-5,10H2. The fraction of sp³-hybridized carbons (Fsp3) is 0.400. The van der Waals surface area contributed by atoms with Crippen molar-refractivity contribution in [2.45, 2.75) is 37.4 Å². The lowest BCUT2D eigenvalue weighted by Gasteiger charge is -2.08. The van der Waals surface area contributed by atoms with Crippen molar-refractivity contribution in [3.63, 3.8) is 0 Å². The maximum Gasteiger partial charge on any atom is 0.0950 e. The number of nitrogens with zero attached hydrogens (tertiary/aromatic N) is 1. The fourth-order valence-electron chi connectivity index (χ4n) is 2.32. The molecule has 1 aliphatic carbocycles. The van der Waals surface area contributed by atoms with E-state index in [4.69, 9.17) is 0 Å². The number of nitriles is 1. The number of hydrogen-bond donors (Lipinski definition) is 0. The summed E-state index contributed by atoms with van der Waals surface area (Å²) in [6, 6.07) is 11.0. The van der Waals surface area contributed by atoms with E-state index in [0.717, 1.165) is 30.2 Å². The highest BCUT2D eigenvalue weighted by Gasteiger charge is 2.12. The van der Waals surface area contributed by atoms with E-state index < -0.39 is 0 Å². The van der Waals surface area contributed by atoms with Gasteiger partial charge in [0, 0.05) is 10.9 Å². The van der Waals surface area contributed by atoms with Crippen molar-refractivity contribution < 1.29 is 0 Å². The molecule has 1 aliphatic rings. The van der Waals surface area contributed by atoms with Crippen LogP contribution in [0.3, 0.4) is 0 Å². The van der Waals surface area contributed by atoms with Gasteiger partial charge in [-0.25, -0.2) is 0 Å². The molecule has 88 valence electrons. The molecule has 0 atom stereocenters. The quantitative estimate of drug-likeness (QED) is 0.716. The van der Waals surface area contributed by atoms with E-state index in [1.54, 1.807) is 0 Å². The van der Waals surface area contributed by atoms with Gasteiger partial charge in [0.2, 0.25) is 0 Å². The molecular weight excluding hydrogens is 274 g/mol. The second-order valence-corrected chi connectivity index (χ2v) is 5.02.